The lowest BCUT2D eigenvalue weighted by Crippen LogP contribution is -2.13. The number of hydrogen-bond acceptors (Lipinski definition) is 5. The SMILES string of the molecule is CN(C)c1ccc(Nc2ccc(NS(=O)(=O)c3ccccc3)nc2)cc1. The summed E-state index contributed by atoms with van der Waals surface area (Å²) < 4.78 is 27.1. The van der Waals surface area contributed by atoms with Gasteiger partial charge in [-0.2, -0.15) is 0 Å². The molecule has 0 saturated heterocycles. The van der Waals surface area contributed by atoms with E-state index in [0.717, 1.165) is 17.1 Å². The third-order valence-electron chi connectivity index (χ3n) is 3.73. The van der Waals surface area contributed by atoms with Crippen molar-refractivity contribution in [3.63, 3.8) is 0 Å². The molecule has 0 spiro atoms. The van der Waals surface area contributed by atoms with E-state index in [2.05, 4.69) is 15.0 Å². The fourth-order valence-corrected chi connectivity index (χ4v) is 3.36. The Bertz CT molecular complexity index is 955. The van der Waals surface area contributed by atoms with Gasteiger partial charge in [0.2, 0.25) is 0 Å². The minimum atomic E-state index is -3.64. The van der Waals surface area contributed by atoms with Gasteiger partial charge < -0.3 is 10.2 Å². The zero-order valence-electron chi connectivity index (χ0n) is 14.5. The van der Waals surface area contributed by atoms with Crippen LogP contribution in [0.15, 0.2) is 77.8 Å². The van der Waals surface area contributed by atoms with Crippen LogP contribution >= 0.6 is 0 Å². The van der Waals surface area contributed by atoms with Crippen molar-refractivity contribution in [1.82, 2.24) is 4.98 Å². The van der Waals surface area contributed by atoms with Crippen molar-refractivity contribution in [3.05, 3.63) is 72.9 Å². The minimum absolute atomic E-state index is 0.199. The van der Waals surface area contributed by atoms with E-state index >= 15 is 0 Å². The Morgan fingerprint density at radius 2 is 1.50 bits per heavy atom. The van der Waals surface area contributed by atoms with Crippen LogP contribution in [0.25, 0.3) is 0 Å². The number of nitrogens with one attached hydrogen (secondary N) is 2. The van der Waals surface area contributed by atoms with Crippen LogP contribution < -0.4 is 14.9 Å². The fourth-order valence-electron chi connectivity index (χ4n) is 2.33. The molecule has 0 fully saturated rings. The van der Waals surface area contributed by atoms with E-state index in [9.17, 15) is 8.42 Å². The first kappa shape index (κ1) is 17.8. The quantitative estimate of drug-likeness (QED) is 0.694. The normalized spacial score (nSPS) is 11.0. The first-order valence-electron chi connectivity index (χ1n) is 8.02. The van der Waals surface area contributed by atoms with Crippen molar-refractivity contribution in [1.29, 1.82) is 0 Å². The molecule has 2 aromatic carbocycles. The van der Waals surface area contributed by atoms with E-state index in [0.29, 0.717) is 0 Å². The third kappa shape index (κ3) is 4.31. The maximum absolute atomic E-state index is 12.3. The molecule has 0 aliphatic heterocycles. The Kier molecular flexibility index (Phi) is 5.09. The summed E-state index contributed by atoms with van der Waals surface area (Å²) in [7, 11) is 0.340. The summed E-state index contributed by atoms with van der Waals surface area (Å²) in [4.78, 5) is 6.40. The van der Waals surface area contributed by atoms with E-state index in [-0.39, 0.29) is 10.7 Å². The van der Waals surface area contributed by atoms with Gasteiger partial charge in [-0.25, -0.2) is 13.4 Å². The molecule has 1 heterocycles. The molecule has 1 aromatic heterocycles. The highest BCUT2D eigenvalue weighted by Gasteiger charge is 2.13. The van der Waals surface area contributed by atoms with Crippen LogP contribution in [-0.4, -0.2) is 27.5 Å². The molecular weight excluding hydrogens is 348 g/mol. The molecule has 2 N–H and O–H groups in total. The first-order valence-corrected chi connectivity index (χ1v) is 9.51. The highest BCUT2D eigenvalue weighted by Crippen LogP contribution is 2.21. The summed E-state index contributed by atoms with van der Waals surface area (Å²) in [5, 5.41) is 3.23. The second kappa shape index (κ2) is 7.45. The largest absolute Gasteiger partial charge is 0.378 e. The molecule has 3 rings (SSSR count). The van der Waals surface area contributed by atoms with E-state index in [4.69, 9.17) is 0 Å². The Morgan fingerprint density at radius 3 is 2.08 bits per heavy atom. The Morgan fingerprint density at radius 1 is 0.846 bits per heavy atom. The predicted octanol–water partition coefficient (Wildman–Crippen LogP) is 3.69. The number of nitrogens with zero attached hydrogens (tertiary/aromatic N) is 2. The number of hydrogen-bond donors (Lipinski definition) is 2. The van der Waals surface area contributed by atoms with Crippen LogP contribution in [0.4, 0.5) is 22.9 Å². The standard InChI is InChI=1S/C19H20N4O2S/c1-23(2)17-11-8-15(9-12-17)21-16-10-13-19(20-14-16)22-26(24,25)18-6-4-3-5-7-18/h3-14,21H,1-2H3,(H,20,22). The second-order valence-electron chi connectivity index (χ2n) is 5.92. The zero-order chi connectivity index (χ0) is 18.6. The summed E-state index contributed by atoms with van der Waals surface area (Å²) in [5.41, 5.74) is 2.81. The van der Waals surface area contributed by atoms with E-state index < -0.39 is 10.0 Å². The van der Waals surface area contributed by atoms with Gasteiger partial charge in [-0.15, -0.1) is 0 Å². The summed E-state index contributed by atoms with van der Waals surface area (Å²) in [6.07, 6.45) is 1.59. The number of sulfonamides is 1. The molecule has 0 saturated carbocycles. The Balaban J connectivity index is 1.69. The number of pyridine rings is 1. The van der Waals surface area contributed by atoms with Crippen LogP contribution in [0, 0.1) is 0 Å². The van der Waals surface area contributed by atoms with Crippen LogP contribution in [0.1, 0.15) is 0 Å². The van der Waals surface area contributed by atoms with E-state index in [1.54, 1.807) is 36.5 Å². The molecule has 0 bridgehead atoms. The van der Waals surface area contributed by atoms with Gasteiger partial charge in [0, 0.05) is 25.5 Å². The highest BCUT2D eigenvalue weighted by atomic mass is 32.2. The molecule has 7 heteroatoms. The van der Waals surface area contributed by atoms with Gasteiger partial charge >= 0.3 is 0 Å². The lowest BCUT2D eigenvalue weighted by Gasteiger charge is -2.13. The summed E-state index contributed by atoms with van der Waals surface area (Å²) in [6.45, 7) is 0. The van der Waals surface area contributed by atoms with Crippen LogP contribution in [0.5, 0.6) is 0 Å². The molecular formula is C19H20N4O2S. The lowest BCUT2D eigenvalue weighted by atomic mass is 10.2. The molecule has 0 radical (unpaired) electrons. The average Bonchev–Trinajstić information content (AvgIpc) is 2.64. The first-order chi connectivity index (χ1) is 12.4. The van der Waals surface area contributed by atoms with E-state index in [1.165, 1.54) is 12.1 Å². The van der Waals surface area contributed by atoms with Gasteiger partial charge in [0.15, 0.2) is 0 Å². The Hall–Kier alpha value is -3.06. The van der Waals surface area contributed by atoms with Gasteiger partial charge in [-0.1, -0.05) is 18.2 Å². The number of anilines is 4. The maximum Gasteiger partial charge on any atom is 0.263 e. The van der Waals surface area contributed by atoms with Gasteiger partial charge in [-0.05, 0) is 48.5 Å². The molecule has 0 amide bonds. The second-order valence-corrected chi connectivity index (χ2v) is 7.60. The third-order valence-corrected chi connectivity index (χ3v) is 5.10. The molecule has 0 aliphatic rings. The van der Waals surface area contributed by atoms with Crippen molar-refractivity contribution in [3.8, 4) is 0 Å². The van der Waals surface area contributed by atoms with Crippen molar-refractivity contribution >= 4 is 32.9 Å². The zero-order valence-corrected chi connectivity index (χ0v) is 15.4. The van der Waals surface area contributed by atoms with Gasteiger partial charge in [0.05, 0.1) is 16.8 Å². The molecule has 6 nitrogen and oxygen atoms in total. The summed E-state index contributed by atoms with van der Waals surface area (Å²) in [5.74, 6) is 0.266. The van der Waals surface area contributed by atoms with Gasteiger partial charge in [-0.3, -0.25) is 4.72 Å². The van der Waals surface area contributed by atoms with Gasteiger partial charge in [0.25, 0.3) is 10.0 Å². The highest BCUT2D eigenvalue weighted by molar-refractivity contribution is 7.92. The smallest absolute Gasteiger partial charge is 0.263 e. The molecule has 26 heavy (non-hydrogen) atoms. The molecule has 3 aromatic rings. The number of rotatable bonds is 6. The van der Waals surface area contributed by atoms with E-state index in [1.807, 2.05) is 43.3 Å². The maximum atomic E-state index is 12.3. The van der Waals surface area contributed by atoms with Crippen molar-refractivity contribution in [2.75, 3.05) is 29.0 Å². The molecule has 0 atom stereocenters. The topological polar surface area (TPSA) is 74.3 Å². The number of aromatic nitrogens is 1. The lowest BCUT2D eigenvalue weighted by molar-refractivity contribution is 0.601. The predicted molar refractivity (Wildman–Crippen MR) is 106 cm³/mol. The van der Waals surface area contributed by atoms with Gasteiger partial charge in [0.1, 0.15) is 5.82 Å². The van der Waals surface area contributed by atoms with Crippen LogP contribution in [0.3, 0.4) is 0 Å². The summed E-state index contributed by atoms with van der Waals surface area (Å²) in [6, 6.07) is 19.6. The Labute approximate surface area is 153 Å². The average molecular weight is 368 g/mol. The van der Waals surface area contributed by atoms with Crippen molar-refractivity contribution in [2.45, 2.75) is 4.90 Å². The van der Waals surface area contributed by atoms with Crippen LogP contribution in [0.2, 0.25) is 0 Å². The molecule has 0 aliphatic carbocycles. The van der Waals surface area contributed by atoms with Crippen molar-refractivity contribution < 1.29 is 8.42 Å². The molecule has 0 unspecified atom stereocenters. The number of benzene rings is 2. The monoisotopic (exact) mass is 368 g/mol. The summed E-state index contributed by atoms with van der Waals surface area (Å²) >= 11 is 0. The fraction of sp³-hybridized carbons (Fsp3) is 0.105. The van der Waals surface area contributed by atoms with Crippen LogP contribution in [-0.2, 0) is 10.0 Å². The minimum Gasteiger partial charge on any atom is -0.378 e. The molecule has 134 valence electrons. The van der Waals surface area contributed by atoms with Crippen molar-refractivity contribution in [2.24, 2.45) is 0 Å².